The molecule has 0 rings (SSSR count). The first-order chi connectivity index (χ1) is 9.36. The van der Waals surface area contributed by atoms with Crippen molar-refractivity contribution in [2.75, 3.05) is 20.3 Å². The molecule has 0 aliphatic carbocycles. The molecule has 9 heteroatoms. The summed E-state index contributed by atoms with van der Waals surface area (Å²) >= 11 is 0. The molecule has 0 aliphatic heterocycles. The predicted molar refractivity (Wildman–Crippen MR) is 62.3 cm³/mol. The van der Waals surface area contributed by atoms with Gasteiger partial charge >= 0.3 is 11.9 Å². The summed E-state index contributed by atoms with van der Waals surface area (Å²) in [5.74, 6) is -2.54. The molecule has 0 radical (unpaired) electrons. The van der Waals surface area contributed by atoms with E-state index in [1.165, 1.54) is 0 Å². The van der Waals surface area contributed by atoms with E-state index in [2.05, 4.69) is 14.8 Å². The minimum absolute atomic E-state index is 0.119. The largest absolute Gasteiger partial charge is 0.480 e. The van der Waals surface area contributed by atoms with Crippen LogP contribution in [0.3, 0.4) is 0 Å². The van der Waals surface area contributed by atoms with Crippen molar-refractivity contribution in [2.24, 2.45) is 0 Å². The molecule has 0 fully saturated rings. The molecular weight excluding hydrogens is 280 g/mol. The van der Waals surface area contributed by atoms with E-state index in [9.17, 15) is 23.2 Å². The normalized spacial score (nSPS) is 12.0. The molecule has 2 N–H and O–H groups in total. The Hall–Kier alpha value is -1.77. The SMILES string of the molecule is COC(=O)CC[C@H](NC(=O)CCOCC(F)F)C(=O)O. The smallest absolute Gasteiger partial charge is 0.326 e. The lowest BCUT2D eigenvalue weighted by atomic mass is 10.1. The Morgan fingerprint density at radius 3 is 2.40 bits per heavy atom. The Bertz CT molecular complexity index is 337. The fourth-order valence-corrected chi connectivity index (χ4v) is 1.23. The van der Waals surface area contributed by atoms with E-state index in [1.807, 2.05) is 0 Å². The van der Waals surface area contributed by atoms with Gasteiger partial charge in [0.2, 0.25) is 5.91 Å². The highest BCUT2D eigenvalue weighted by molar-refractivity contribution is 5.84. The van der Waals surface area contributed by atoms with E-state index < -0.39 is 36.9 Å². The lowest BCUT2D eigenvalue weighted by Crippen LogP contribution is -2.41. The summed E-state index contributed by atoms with van der Waals surface area (Å²) in [6.45, 7) is -1.02. The molecule has 0 aromatic heterocycles. The zero-order valence-corrected chi connectivity index (χ0v) is 10.9. The van der Waals surface area contributed by atoms with Crippen LogP contribution < -0.4 is 5.32 Å². The van der Waals surface area contributed by atoms with Crippen molar-refractivity contribution >= 4 is 17.8 Å². The average Bonchev–Trinajstić information content (AvgIpc) is 2.38. The monoisotopic (exact) mass is 297 g/mol. The Kier molecular flexibility index (Phi) is 9.18. The summed E-state index contributed by atoms with van der Waals surface area (Å²) in [6, 6.07) is -1.24. The molecular formula is C11H17F2NO6. The number of methoxy groups -OCH3 is 1. The first-order valence-corrected chi connectivity index (χ1v) is 5.81. The van der Waals surface area contributed by atoms with Crippen molar-refractivity contribution in [3.63, 3.8) is 0 Å². The van der Waals surface area contributed by atoms with E-state index in [-0.39, 0.29) is 25.9 Å². The van der Waals surface area contributed by atoms with Crippen LogP contribution in [-0.4, -0.2) is 55.7 Å². The number of carboxylic acids is 1. The van der Waals surface area contributed by atoms with Crippen LogP contribution >= 0.6 is 0 Å². The van der Waals surface area contributed by atoms with Gasteiger partial charge in [-0.15, -0.1) is 0 Å². The van der Waals surface area contributed by atoms with Crippen molar-refractivity contribution < 1.29 is 37.7 Å². The van der Waals surface area contributed by atoms with Gasteiger partial charge in [-0.2, -0.15) is 0 Å². The highest BCUT2D eigenvalue weighted by Gasteiger charge is 2.21. The van der Waals surface area contributed by atoms with Gasteiger partial charge in [-0.05, 0) is 6.42 Å². The van der Waals surface area contributed by atoms with Crippen molar-refractivity contribution in [1.82, 2.24) is 5.32 Å². The van der Waals surface area contributed by atoms with Crippen molar-refractivity contribution in [1.29, 1.82) is 0 Å². The molecule has 116 valence electrons. The van der Waals surface area contributed by atoms with E-state index in [0.717, 1.165) is 7.11 Å². The maximum Gasteiger partial charge on any atom is 0.326 e. The number of hydrogen-bond donors (Lipinski definition) is 2. The molecule has 20 heavy (non-hydrogen) atoms. The summed E-state index contributed by atoms with van der Waals surface area (Å²) in [7, 11) is 1.16. The van der Waals surface area contributed by atoms with Gasteiger partial charge in [-0.25, -0.2) is 13.6 Å². The maximum atomic E-state index is 11.7. The van der Waals surface area contributed by atoms with Crippen LogP contribution in [0.25, 0.3) is 0 Å². The Morgan fingerprint density at radius 1 is 1.25 bits per heavy atom. The van der Waals surface area contributed by atoms with Crippen LogP contribution in [0.5, 0.6) is 0 Å². The first-order valence-electron chi connectivity index (χ1n) is 5.81. The molecule has 0 aromatic carbocycles. The first kappa shape index (κ1) is 18.2. The predicted octanol–water partition coefficient (Wildman–Crippen LogP) is 0.181. The lowest BCUT2D eigenvalue weighted by molar-refractivity contribution is -0.144. The molecule has 0 bridgehead atoms. The highest BCUT2D eigenvalue weighted by atomic mass is 19.3. The van der Waals surface area contributed by atoms with Gasteiger partial charge in [0.25, 0.3) is 6.43 Å². The number of alkyl halides is 2. The standard InChI is InChI=1S/C11H17F2NO6/c1-19-10(16)3-2-7(11(17)18)14-9(15)4-5-20-6-8(12)13/h7-8H,2-6H2,1H3,(H,14,15)(H,17,18)/t7-/m0/s1. The third kappa shape index (κ3) is 9.20. The van der Waals surface area contributed by atoms with Crippen LogP contribution in [-0.2, 0) is 23.9 Å². The number of carboxylic acid groups (broad SMARTS) is 1. The number of amides is 1. The number of carbonyl (C=O) groups is 3. The summed E-state index contributed by atoms with van der Waals surface area (Å²) in [5, 5.41) is 11.0. The second-order valence-electron chi connectivity index (χ2n) is 3.79. The zero-order valence-electron chi connectivity index (χ0n) is 10.9. The minimum atomic E-state index is -2.62. The minimum Gasteiger partial charge on any atom is -0.480 e. The van der Waals surface area contributed by atoms with Gasteiger partial charge < -0.3 is 19.9 Å². The number of esters is 1. The van der Waals surface area contributed by atoms with E-state index in [1.54, 1.807) is 0 Å². The maximum absolute atomic E-state index is 11.7. The molecule has 0 saturated heterocycles. The molecule has 0 unspecified atom stereocenters. The van der Waals surface area contributed by atoms with Crippen molar-refractivity contribution in [3.05, 3.63) is 0 Å². The lowest BCUT2D eigenvalue weighted by Gasteiger charge is -2.13. The molecule has 0 saturated carbocycles. The number of ether oxygens (including phenoxy) is 2. The van der Waals surface area contributed by atoms with Gasteiger partial charge in [0.1, 0.15) is 12.6 Å². The van der Waals surface area contributed by atoms with Crippen LogP contribution in [0, 0.1) is 0 Å². The third-order valence-electron chi connectivity index (χ3n) is 2.22. The van der Waals surface area contributed by atoms with E-state index in [4.69, 9.17) is 5.11 Å². The quantitative estimate of drug-likeness (QED) is 0.440. The van der Waals surface area contributed by atoms with Gasteiger partial charge in [0.05, 0.1) is 13.7 Å². The Morgan fingerprint density at radius 2 is 1.90 bits per heavy atom. The summed E-state index contributed by atoms with van der Waals surface area (Å²) < 4.78 is 32.3. The van der Waals surface area contributed by atoms with Gasteiger partial charge in [-0.1, -0.05) is 0 Å². The Labute approximate surface area is 114 Å². The summed E-state index contributed by atoms with van der Waals surface area (Å²) in [6.07, 6.45) is -3.14. The molecule has 0 aliphatic rings. The van der Waals surface area contributed by atoms with Crippen molar-refractivity contribution in [3.8, 4) is 0 Å². The van der Waals surface area contributed by atoms with E-state index >= 15 is 0 Å². The molecule has 0 aromatic rings. The third-order valence-corrected chi connectivity index (χ3v) is 2.22. The number of nitrogens with one attached hydrogen (secondary N) is 1. The fraction of sp³-hybridized carbons (Fsp3) is 0.727. The van der Waals surface area contributed by atoms with Crippen LogP contribution in [0.2, 0.25) is 0 Å². The average molecular weight is 297 g/mol. The molecule has 0 spiro atoms. The molecule has 7 nitrogen and oxygen atoms in total. The van der Waals surface area contributed by atoms with Gasteiger partial charge in [-0.3, -0.25) is 9.59 Å². The van der Waals surface area contributed by atoms with Gasteiger partial charge in [0.15, 0.2) is 0 Å². The second kappa shape index (κ2) is 10.1. The molecule has 1 amide bonds. The number of hydrogen-bond acceptors (Lipinski definition) is 5. The van der Waals surface area contributed by atoms with Crippen LogP contribution in [0.15, 0.2) is 0 Å². The Balaban J connectivity index is 4.02. The van der Waals surface area contributed by atoms with Crippen molar-refractivity contribution in [2.45, 2.75) is 31.7 Å². The number of carbonyl (C=O) groups excluding carboxylic acids is 2. The van der Waals surface area contributed by atoms with Crippen LogP contribution in [0.4, 0.5) is 8.78 Å². The summed E-state index contributed by atoms with van der Waals surface area (Å²) in [4.78, 5) is 33.1. The van der Waals surface area contributed by atoms with Gasteiger partial charge in [0, 0.05) is 12.8 Å². The fourth-order valence-electron chi connectivity index (χ4n) is 1.23. The second-order valence-corrected chi connectivity index (χ2v) is 3.79. The topological polar surface area (TPSA) is 102 Å². The highest BCUT2D eigenvalue weighted by Crippen LogP contribution is 2.01. The zero-order chi connectivity index (χ0) is 15.5. The number of rotatable bonds is 10. The molecule has 1 atom stereocenters. The van der Waals surface area contributed by atoms with E-state index in [0.29, 0.717) is 0 Å². The summed E-state index contributed by atoms with van der Waals surface area (Å²) in [5.41, 5.74) is 0. The molecule has 0 heterocycles. The number of aliphatic carboxylic acids is 1. The van der Waals surface area contributed by atoms with Crippen LogP contribution in [0.1, 0.15) is 19.3 Å². The number of halogens is 2.